The van der Waals surface area contributed by atoms with Crippen molar-refractivity contribution in [3.8, 4) is 29.5 Å². The number of fused-ring (bicyclic) bond motifs is 6. The molecule has 0 amide bonds. The molecule has 0 radical (unpaired) electrons. The molecule has 0 saturated carbocycles. The van der Waals surface area contributed by atoms with Crippen LogP contribution in [0.5, 0.6) is 0 Å². The largest absolute Gasteiger partial charge is 0.233 e. The normalized spacial score (nSPS) is 12.3. The average Bonchev–Trinajstić information content (AvgIpc) is 3.85. The van der Waals surface area contributed by atoms with Crippen LogP contribution in [0.2, 0.25) is 0 Å². The lowest BCUT2D eigenvalue weighted by atomic mass is 10.1. The Balaban J connectivity index is 1.01. The SMILES string of the molecule is Fc1cc2cc3cc4sc(-c5nc(F)c(-c6sc(-c7cc8cc9cc%10sc(F)cc%10cc9cc8s7)nc6F)s5)cc4cc3cc2s1. The maximum atomic E-state index is 15.3. The van der Waals surface area contributed by atoms with Gasteiger partial charge in [0.05, 0.1) is 9.75 Å². The Morgan fingerprint density at radius 1 is 0.348 bits per heavy atom. The molecule has 2 nitrogen and oxygen atoms in total. The van der Waals surface area contributed by atoms with Crippen LogP contribution in [-0.4, -0.2) is 9.97 Å². The van der Waals surface area contributed by atoms with E-state index in [4.69, 9.17) is 0 Å². The molecule has 10 aromatic rings. The number of benzene rings is 4. The van der Waals surface area contributed by atoms with E-state index < -0.39 is 11.9 Å². The zero-order chi connectivity index (χ0) is 30.8. The Morgan fingerprint density at radius 2 is 0.696 bits per heavy atom. The summed E-state index contributed by atoms with van der Waals surface area (Å²) in [5.74, 6) is -1.45. The van der Waals surface area contributed by atoms with E-state index in [2.05, 4.69) is 34.2 Å². The molecule has 0 aliphatic carbocycles. The van der Waals surface area contributed by atoms with E-state index in [-0.39, 0.29) is 20.0 Å². The summed E-state index contributed by atoms with van der Waals surface area (Å²) in [5, 5.41) is 8.23. The van der Waals surface area contributed by atoms with Gasteiger partial charge in [0, 0.05) is 18.8 Å². The summed E-state index contributed by atoms with van der Waals surface area (Å²) in [4.78, 5) is 10.2. The van der Waals surface area contributed by atoms with Crippen LogP contribution in [-0.2, 0) is 0 Å². The lowest BCUT2D eigenvalue weighted by molar-refractivity contribution is 0.583. The first-order chi connectivity index (χ1) is 22.3. The van der Waals surface area contributed by atoms with Crippen molar-refractivity contribution in [1.29, 1.82) is 0 Å². The fourth-order valence-electron chi connectivity index (χ4n) is 5.89. The predicted octanol–water partition coefficient (Wildman–Crippen LogP) is 13.3. The molecule has 0 spiro atoms. The van der Waals surface area contributed by atoms with Crippen LogP contribution in [0.1, 0.15) is 0 Å². The Morgan fingerprint density at radius 3 is 1.09 bits per heavy atom. The number of aromatic nitrogens is 2. The first-order valence-electron chi connectivity index (χ1n) is 13.8. The molecule has 4 aromatic carbocycles. The van der Waals surface area contributed by atoms with E-state index in [0.29, 0.717) is 10.0 Å². The van der Waals surface area contributed by atoms with Crippen molar-refractivity contribution < 1.29 is 17.6 Å². The predicted molar refractivity (Wildman–Crippen MR) is 190 cm³/mol. The Labute approximate surface area is 280 Å². The Bertz CT molecular complexity index is 2550. The third-order valence-corrected chi connectivity index (χ3v) is 14.5. The molecule has 0 atom stereocenters. The van der Waals surface area contributed by atoms with Gasteiger partial charge in [-0.3, -0.25) is 0 Å². The fourth-order valence-corrected chi connectivity index (χ4v) is 11.8. The second kappa shape index (κ2) is 9.86. The van der Waals surface area contributed by atoms with Crippen LogP contribution < -0.4 is 0 Å². The van der Waals surface area contributed by atoms with Gasteiger partial charge >= 0.3 is 0 Å². The molecule has 46 heavy (non-hydrogen) atoms. The van der Waals surface area contributed by atoms with Crippen molar-refractivity contribution in [1.82, 2.24) is 9.97 Å². The quantitative estimate of drug-likeness (QED) is 0.170. The van der Waals surface area contributed by atoms with Crippen LogP contribution in [0.3, 0.4) is 0 Å². The first kappa shape index (κ1) is 27.3. The van der Waals surface area contributed by atoms with Crippen molar-refractivity contribution in [2.45, 2.75) is 0 Å². The molecule has 0 aliphatic rings. The number of rotatable bonds is 3. The van der Waals surface area contributed by atoms with Gasteiger partial charge in [0.25, 0.3) is 0 Å². The van der Waals surface area contributed by atoms with E-state index >= 15 is 8.78 Å². The van der Waals surface area contributed by atoms with Crippen LogP contribution in [0.15, 0.2) is 72.8 Å². The van der Waals surface area contributed by atoms with Gasteiger partial charge in [0.2, 0.25) is 11.9 Å². The molecule has 0 unspecified atom stereocenters. The minimum atomic E-state index is -0.724. The summed E-state index contributed by atoms with van der Waals surface area (Å²) in [6, 6.07) is 23.2. The van der Waals surface area contributed by atoms with Crippen molar-refractivity contribution in [3.05, 3.63) is 95.0 Å². The molecule has 0 fully saturated rings. The average molecular weight is 717 g/mol. The van der Waals surface area contributed by atoms with Crippen LogP contribution in [0.4, 0.5) is 17.6 Å². The highest BCUT2D eigenvalue weighted by molar-refractivity contribution is 7.30. The van der Waals surface area contributed by atoms with E-state index in [0.717, 1.165) is 117 Å². The second-order valence-electron chi connectivity index (χ2n) is 10.9. The number of nitrogens with zero attached hydrogens (tertiary/aromatic N) is 2. The van der Waals surface area contributed by atoms with Gasteiger partial charge in [0.1, 0.15) is 19.8 Å². The molecule has 0 aliphatic heterocycles. The van der Waals surface area contributed by atoms with E-state index in [1.165, 1.54) is 22.7 Å². The molecule has 10 rings (SSSR count). The van der Waals surface area contributed by atoms with Gasteiger partial charge in [0.15, 0.2) is 10.3 Å². The lowest BCUT2D eigenvalue weighted by Gasteiger charge is -1.99. The molecule has 6 heterocycles. The number of halogens is 4. The van der Waals surface area contributed by atoms with Gasteiger partial charge in [-0.05, 0) is 116 Å². The molecule has 12 heteroatoms. The summed E-state index contributed by atoms with van der Waals surface area (Å²) in [6.07, 6.45) is 0. The summed E-state index contributed by atoms with van der Waals surface area (Å²) >= 11 is 7.46. The fraction of sp³-hybridized carbons (Fsp3) is 0. The molecular weight excluding hydrogens is 705 g/mol. The highest BCUT2D eigenvalue weighted by Gasteiger charge is 2.24. The standard InChI is InChI=1S/C34H12F4N2S6/c35-27-11-19-3-15-5-21-17(1-13(15)7-23(19)43-27)9-25(41-21)33-39-31(37)29(45-33)30-32(38)40-34(46-30)26-10-18-2-14-8-24-20(12-28(36)44-24)4-16(14)6-22(18)42-26/h1-12H. The first-order valence-corrected chi connectivity index (χ1v) is 18.7. The topological polar surface area (TPSA) is 25.8 Å². The maximum absolute atomic E-state index is 15.3. The minimum Gasteiger partial charge on any atom is -0.206 e. The zero-order valence-corrected chi connectivity index (χ0v) is 27.7. The summed E-state index contributed by atoms with van der Waals surface area (Å²) < 4.78 is 62.0. The Kier molecular flexibility index (Phi) is 5.86. The molecule has 222 valence electrons. The van der Waals surface area contributed by atoms with Gasteiger partial charge in [-0.2, -0.15) is 17.6 Å². The number of hydrogen-bond donors (Lipinski definition) is 0. The number of hydrogen-bond acceptors (Lipinski definition) is 8. The van der Waals surface area contributed by atoms with Crippen molar-refractivity contribution in [2.75, 3.05) is 0 Å². The van der Waals surface area contributed by atoms with Crippen LogP contribution in [0.25, 0.3) is 91.4 Å². The number of thiophene rings is 4. The lowest BCUT2D eigenvalue weighted by Crippen LogP contribution is -1.80. The molecular formula is C34H12F4N2S6. The zero-order valence-electron chi connectivity index (χ0n) is 22.8. The third-order valence-electron chi connectivity index (χ3n) is 7.96. The van der Waals surface area contributed by atoms with Gasteiger partial charge in [-0.1, -0.05) is 0 Å². The van der Waals surface area contributed by atoms with Gasteiger partial charge in [-0.15, -0.1) is 68.0 Å². The highest BCUT2D eigenvalue weighted by Crippen LogP contribution is 2.46. The van der Waals surface area contributed by atoms with Gasteiger partial charge < -0.3 is 0 Å². The second-order valence-corrected chi connectivity index (χ2v) is 17.1. The number of thiazole rings is 2. The van der Waals surface area contributed by atoms with E-state index in [9.17, 15) is 8.78 Å². The minimum absolute atomic E-state index is 0.125. The third kappa shape index (κ3) is 4.28. The summed E-state index contributed by atoms with van der Waals surface area (Å²) in [7, 11) is 0. The van der Waals surface area contributed by atoms with E-state index in [1.54, 1.807) is 12.1 Å². The molecule has 0 bridgehead atoms. The van der Waals surface area contributed by atoms with Crippen molar-refractivity contribution in [3.63, 3.8) is 0 Å². The summed E-state index contributed by atoms with van der Waals surface area (Å²) in [5.41, 5.74) is 0. The van der Waals surface area contributed by atoms with Crippen LogP contribution in [0, 0.1) is 22.2 Å². The van der Waals surface area contributed by atoms with Crippen molar-refractivity contribution >= 4 is 130 Å². The highest BCUT2D eigenvalue weighted by atomic mass is 32.1. The summed E-state index contributed by atoms with van der Waals surface area (Å²) in [6.45, 7) is 0. The van der Waals surface area contributed by atoms with Gasteiger partial charge in [-0.25, -0.2) is 9.97 Å². The Hall–Kier alpha value is -3.78. The molecule has 0 N–H and O–H groups in total. The van der Waals surface area contributed by atoms with E-state index in [1.807, 2.05) is 36.4 Å². The monoisotopic (exact) mass is 716 g/mol. The van der Waals surface area contributed by atoms with Crippen LogP contribution >= 0.6 is 68.0 Å². The van der Waals surface area contributed by atoms with Crippen molar-refractivity contribution in [2.24, 2.45) is 0 Å². The smallest absolute Gasteiger partial charge is 0.206 e. The maximum Gasteiger partial charge on any atom is 0.233 e. The molecule has 0 saturated heterocycles. The molecule has 6 aromatic heterocycles.